The number of non-ortho nitro benzene ring substituents is 1. The topological polar surface area (TPSA) is 99.0 Å². The molecular formula is C18H29N3O5S. The van der Waals surface area contributed by atoms with Crippen LogP contribution in [0.15, 0.2) is 18.2 Å². The average Bonchev–Trinajstić information content (AvgIpc) is 2.51. The van der Waals surface area contributed by atoms with Crippen molar-refractivity contribution in [2.75, 3.05) is 31.8 Å². The quantitative estimate of drug-likeness (QED) is 0.397. The predicted octanol–water partition coefficient (Wildman–Crippen LogP) is 3.16. The zero-order chi connectivity index (χ0) is 20.9. The van der Waals surface area contributed by atoms with Gasteiger partial charge in [-0.05, 0) is 33.8 Å². The predicted molar refractivity (Wildman–Crippen MR) is 108 cm³/mol. The molecule has 9 heteroatoms. The van der Waals surface area contributed by atoms with Gasteiger partial charge in [-0.2, -0.15) is 0 Å². The summed E-state index contributed by atoms with van der Waals surface area (Å²) >= 11 is -1.14. The highest BCUT2D eigenvalue weighted by molar-refractivity contribution is 7.89. The number of ether oxygens (including phenoxy) is 1. The first kappa shape index (κ1) is 23.0. The van der Waals surface area contributed by atoms with Crippen LogP contribution in [0, 0.1) is 10.1 Å². The fourth-order valence-corrected chi connectivity index (χ4v) is 3.19. The molecule has 27 heavy (non-hydrogen) atoms. The van der Waals surface area contributed by atoms with Crippen LogP contribution in [-0.2, 0) is 21.7 Å². The summed E-state index contributed by atoms with van der Waals surface area (Å²) in [6.07, 6.45) is 1.14. The molecule has 8 nitrogen and oxygen atoms in total. The van der Waals surface area contributed by atoms with Crippen LogP contribution in [0.1, 0.15) is 33.3 Å². The number of amides is 1. The number of benzene rings is 1. The summed E-state index contributed by atoms with van der Waals surface area (Å²) in [6.45, 7) is 7.80. The highest BCUT2D eigenvalue weighted by Gasteiger charge is 2.25. The number of nitro groups is 1. The molecule has 2 unspecified atom stereocenters. The van der Waals surface area contributed by atoms with E-state index in [-0.39, 0.29) is 17.5 Å². The van der Waals surface area contributed by atoms with Gasteiger partial charge in [0.2, 0.25) is 0 Å². The first-order valence-electron chi connectivity index (χ1n) is 8.56. The maximum Gasteiger partial charge on any atom is 0.410 e. The summed E-state index contributed by atoms with van der Waals surface area (Å²) in [5, 5.41) is 11.0. The molecule has 0 aliphatic heterocycles. The van der Waals surface area contributed by atoms with Crippen molar-refractivity contribution in [2.24, 2.45) is 0 Å². The fraction of sp³-hybridized carbons (Fsp3) is 0.611. The van der Waals surface area contributed by atoms with Crippen molar-refractivity contribution in [1.82, 2.24) is 4.90 Å². The molecule has 0 saturated carbocycles. The van der Waals surface area contributed by atoms with Crippen molar-refractivity contribution in [2.45, 2.75) is 45.1 Å². The van der Waals surface area contributed by atoms with E-state index in [2.05, 4.69) is 0 Å². The normalized spacial score (nSPS) is 13.6. The molecule has 0 aromatic heterocycles. The lowest BCUT2D eigenvalue weighted by atomic mass is 10.1. The maximum atomic E-state index is 12.2. The Balaban J connectivity index is 2.96. The van der Waals surface area contributed by atoms with E-state index < -0.39 is 27.8 Å². The Hall–Kier alpha value is -2.00. The van der Waals surface area contributed by atoms with Crippen molar-refractivity contribution >= 4 is 28.6 Å². The first-order chi connectivity index (χ1) is 12.3. The van der Waals surface area contributed by atoms with E-state index in [9.17, 15) is 19.5 Å². The summed E-state index contributed by atoms with van der Waals surface area (Å²) < 4.78 is 17.1. The Morgan fingerprint density at radius 1 is 1.33 bits per heavy atom. The van der Waals surface area contributed by atoms with Crippen LogP contribution in [0.3, 0.4) is 0 Å². The maximum absolute atomic E-state index is 12.2. The molecule has 0 N–H and O–H groups in total. The molecule has 0 fully saturated rings. The Bertz CT molecular complexity index is 675. The molecule has 0 aliphatic carbocycles. The minimum atomic E-state index is -1.14. The average molecular weight is 400 g/mol. The highest BCUT2D eigenvalue weighted by Crippen LogP contribution is 2.27. The van der Waals surface area contributed by atoms with Crippen molar-refractivity contribution < 1.29 is 19.0 Å². The van der Waals surface area contributed by atoms with Gasteiger partial charge in [0.05, 0.1) is 11.2 Å². The zero-order valence-corrected chi connectivity index (χ0v) is 17.8. The van der Waals surface area contributed by atoms with Gasteiger partial charge in [-0.3, -0.25) is 10.1 Å². The van der Waals surface area contributed by atoms with Crippen LogP contribution in [0.2, 0.25) is 0 Å². The molecule has 0 bridgehead atoms. The number of hydrogen-bond donors (Lipinski definition) is 0. The lowest BCUT2D eigenvalue weighted by molar-refractivity contribution is -0.384. The highest BCUT2D eigenvalue weighted by atomic mass is 32.2. The second kappa shape index (κ2) is 9.27. The third-order valence-corrected chi connectivity index (χ3v) is 4.64. The molecule has 2 atom stereocenters. The van der Waals surface area contributed by atoms with E-state index >= 15 is 0 Å². The van der Waals surface area contributed by atoms with Gasteiger partial charge in [-0.1, -0.05) is 11.2 Å². The number of nitrogens with zero attached hydrogens (tertiary/aromatic N) is 3. The molecule has 1 aromatic rings. The van der Waals surface area contributed by atoms with Crippen molar-refractivity contribution in [1.29, 1.82) is 0 Å². The summed E-state index contributed by atoms with van der Waals surface area (Å²) in [6, 6.07) is 4.37. The largest absolute Gasteiger partial charge is 0.616 e. The van der Waals surface area contributed by atoms with Crippen LogP contribution < -0.4 is 4.90 Å². The van der Waals surface area contributed by atoms with Gasteiger partial charge in [-0.15, -0.1) is 0 Å². The van der Waals surface area contributed by atoms with E-state index in [0.29, 0.717) is 12.1 Å². The second-order valence-electron chi connectivity index (χ2n) is 7.61. The first-order valence-corrected chi connectivity index (χ1v) is 10.3. The molecule has 152 valence electrons. The van der Waals surface area contributed by atoms with E-state index in [1.165, 1.54) is 17.0 Å². The van der Waals surface area contributed by atoms with Gasteiger partial charge < -0.3 is 19.1 Å². The third-order valence-electron chi connectivity index (χ3n) is 3.92. The Kier molecular flexibility index (Phi) is 7.91. The number of rotatable bonds is 7. The van der Waals surface area contributed by atoms with Crippen LogP contribution in [0.25, 0.3) is 0 Å². The van der Waals surface area contributed by atoms with Crippen molar-refractivity contribution in [3.63, 3.8) is 0 Å². The standard InChI is InChI=1S/C18H29N3O5S/c1-13(20(6)17(22)26-18(2,3)4)11-19(5)16-9-8-15(21(23)24)10-14(16)12-27(7)25/h8-10,13H,11-12H2,1-7H3. The molecule has 0 spiro atoms. The van der Waals surface area contributed by atoms with E-state index in [0.717, 1.165) is 5.69 Å². The summed E-state index contributed by atoms with van der Waals surface area (Å²) in [7, 11) is 3.51. The summed E-state index contributed by atoms with van der Waals surface area (Å²) in [5.41, 5.74) is 0.777. The third kappa shape index (κ3) is 7.26. The Labute approximate surface area is 163 Å². The van der Waals surface area contributed by atoms with Gasteiger partial charge in [0.25, 0.3) is 5.69 Å². The number of hydrogen-bond acceptors (Lipinski definition) is 6. The lowest BCUT2D eigenvalue weighted by Gasteiger charge is -2.32. The minimum absolute atomic E-state index is 0.0356. The van der Waals surface area contributed by atoms with Gasteiger partial charge in [-0.25, -0.2) is 4.79 Å². The number of nitro benzene ring substituents is 1. The molecule has 1 aromatic carbocycles. The monoisotopic (exact) mass is 399 g/mol. The van der Waals surface area contributed by atoms with Gasteiger partial charge >= 0.3 is 6.09 Å². The summed E-state index contributed by atoms with van der Waals surface area (Å²) in [5.74, 6) is 0.220. The molecular weight excluding hydrogens is 370 g/mol. The van der Waals surface area contributed by atoms with E-state index in [1.54, 1.807) is 19.4 Å². The molecule has 0 aliphatic rings. The van der Waals surface area contributed by atoms with E-state index in [1.807, 2.05) is 39.6 Å². The fourth-order valence-electron chi connectivity index (χ4n) is 2.52. The number of carbonyl (C=O) groups excluding carboxylic acids is 1. The van der Waals surface area contributed by atoms with Crippen LogP contribution in [0.5, 0.6) is 0 Å². The zero-order valence-electron chi connectivity index (χ0n) is 17.0. The summed E-state index contributed by atoms with van der Waals surface area (Å²) in [4.78, 5) is 26.2. The lowest BCUT2D eigenvalue weighted by Crippen LogP contribution is -2.44. The van der Waals surface area contributed by atoms with Gasteiger partial charge in [0, 0.05) is 50.1 Å². The number of likely N-dealkylation sites (N-methyl/N-ethyl adjacent to an activating group) is 2. The molecule has 0 heterocycles. The van der Waals surface area contributed by atoms with Gasteiger partial charge in [0.15, 0.2) is 0 Å². The van der Waals surface area contributed by atoms with Crippen LogP contribution in [-0.4, -0.2) is 59.0 Å². The Morgan fingerprint density at radius 2 is 1.93 bits per heavy atom. The van der Waals surface area contributed by atoms with Crippen molar-refractivity contribution in [3.8, 4) is 0 Å². The van der Waals surface area contributed by atoms with E-state index in [4.69, 9.17) is 4.74 Å². The minimum Gasteiger partial charge on any atom is -0.616 e. The SMILES string of the molecule is CC(CN(C)c1ccc([N+](=O)[O-])cc1C[S+](C)[O-])N(C)C(=O)OC(C)(C)C. The smallest absolute Gasteiger partial charge is 0.410 e. The van der Waals surface area contributed by atoms with Crippen LogP contribution in [0.4, 0.5) is 16.2 Å². The second-order valence-corrected chi connectivity index (χ2v) is 9.04. The van der Waals surface area contributed by atoms with Gasteiger partial charge in [0.1, 0.15) is 11.4 Å². The molecule has 0 saturated heterocycles. The number of carbonyl (C=O) groups is 1. The van der Waals surface area contributed by atoms with Crippen LogP contribution >= 0.6 is 0 Å². The number of anilines is 1. The molecule has 0 radical (unpaired) electrons. The van der Waals surface area contributed by atoms with Crippen molar-refractivity contribution in [3.05, 3.63) is 33.9 Å². The molecule has 1 rings (SSSR count). The Morgan fingerprint density at radius 3 is 2.41 bits per heavy atom. The molecule has 1 amide bonds.